The van der Waals surface area contributed by atoms with Crippen molar-refractivity contribution in [3.63, 3.8) is 0 Å². The van der Waals surface area contributed by atoms with Gasteiger partial charge in [0.25, 0.3) is 0 Å². The van der Waals surface area contributed by atoms with E-state index in [0.29, 0.717) is 24.3 Å². The number of aliphatic hydroxyl groups excluding tert-OH is 1. The number of esters is 1. The monoisotopic (exact) mass is 343 g/mol. The molecule has 3 aliphatic rings. The third-order valence-corrected chi connectivity index (χ3v) is 5.35. The molecule has 2 fully saturated rings. The normalized spacial score (nSPS) is 29.9. The SMILES string of the molecule is CC(=O)OC[C@H]1CN(c2ccc(C3=C[C@H]4[C@H](CO)[C@H]4C3)cc2)C(=O)O1. The molecule has 1 saturated heterocycles. The average Bonchev–Trinajstić information content (AvgIpc) is 2.94. The molecule has 0 spiro atoms. The van der Waals surface area contributed by atoms with Gasteiger partial charge in [0, 0.05) is 19.2 Å². The minimum absolute atomic E-state index is 0.0807. The molecule has 1 N–H and O–H groups in total. The van der Waals surface area contributed by atoms with Gasteiger partial charge in [-0.05, 0) is 47.4 Å². The number of hydrogen-bond acceptors (Lipinski definition) is 5. The highest BCUT2D eigenvalue weighted by atomic mass is 16.6. The molecule has 6 heteroatoms. The number of nitrogens with zero attached hydrogens (tertiary/aromatic N) is 1. The number of fused-ring (bicyclic) bond motifs is 1. The fourth-order valence-corrected chi connectivity index (χ4v) is 3.92. The minimum Gasteiger partial charge on any atom is -0.462 e. The van der Waals surface area contributed by atoms with Gasteiger partial charge >= 0.3 is 12.1 Å². The van der Waals surface area contributed by atoms with Crippen LogP contribution in [0.5, 0.6) is 0 Å². The number of hydrogen-bond donors (Lipinski definition) is 1. The van der Waals surface area contributed by atoms with Gasteiger partial charge in [0.15, 0.2) is 6.10 Å². The van der Waals surface area contributed by atoms with Crippen LogP contribution in [0.1, 0.15) is 18.9 Å². The summed E-state index contributed by atoms with van der Waals surface area (Å²) in [6.45, 7) is 2.06. The first-order valence-corrected chi connectivity index (χ1v) is 8.60. The number of benzene rings is 1. The number of cyclic esters (lactones) is 1. The summed E-state index contributed by atoms with van der Waals surface area (Å²) < 4.78 is 10.1. The standard InChI is InChI=1S/C19H21NO5/c1-11(22)24-10-15-8-20(19(23)25-15)14-4-2-12(3-5-14)13-6-16-17(7-13)18(16)9-21/h2-6,15-18,21H,7-10H2,1H3/t15-,16-,17+,18+/m1/s1. The lowest BCUT2D eigenvalue weighted by Crippen LogP contribution is -2.26. The van der Waals surface area contributed by atoms with E-state index in [9.17, 15) is 14.7 Å². The number of carbonyl (C=O) groups is 2. The lowest BCUT2D eigenvalue weighted by atomic mass is 10.0. The second-order valence-electron chi connectivity index (χ2n) is 6.95. The van der Waals surface area contributed by atoms with Gasteiger partial charge in [0.2, 0.25) is 0 Å². The predicted molar refractivity (Wildman–Crippen MR) is 90.8 cm³/mol. The first-order valence-electron chi connectivity index (χ1n) is 8.60. The van der Waals surface area contributed by atoms with Crippen molar-refractivity contribution >= 4 is 23.3 Å². The molecule has 25 heavy (non-hydrogen) atoms. The molecule has 1 aliphatic heterocycles. The van der Waals surface area contributed by atoms with Crippen LogP contribution in [0.15, 0.2) is 30.3 Å². The summed E-state index contributed by atoms with van der Waals surface area (Å²) in [5.41, 5.74) is 3.26. The zero-order valence-electron chi connectivity index (χ0n) is 14.1. The van der Waals surface area contributed by atoms with E-state index in [1.165, 1.54) is 12.5 Å². The number of allylic oxidation sites excluding steroid dienone is 2. The van der Waals surface area contributed by atoms with Crippen LogP contribution >= 0.6 is 0 Å². The van der Waals surface area contributed by atoms with Crippen molar-refractivity contribution in [3.05, 3.63) is 35.9 Å². The predicted octanol–water partition coefficient (Wildman–Crippen LogP) is 2.22. The van der Waals surface area contributed by atoms with E-state index in [1.54, 1.807) is 4.90 Å². The minimum atomic E-state index is -0.434. The van der Waals surface area contributed by atoms with Crippen molar-refractivity contribution in [1.29, 1.82) is 0 Å². The maximum absolute atomic E-state index is 12.0. The second-order valence-corrected chi connectivity index (χ2v) is 6.95. The molecule has 1 aromatic rings. The molecule has 1 saturated carbocycles. The molecule has 4 atom stereocenters. The Morgan fingerprint density at radius 1 is 1.36 bits per heavy atom. The third-order valence-electron chi connectivity index (χ3n) is 5.35. The summed E-state index contributed by atoms with van der Waals surface area (Å²) in [5.74, 6) is 1.22. The Labute approximate surface area is 146 Å². The first-order chi connectivity index (χ1) is 12.1. The van der Waals surface area contributed by atoms with Gasteiger partial charge in [-0.15, -0.1) is 0 Å². The average molecular weight is 343 g/mol. The van der Waals surface area contributed by atoms with Crippen molar-refractivity contribution in [3.8, 4) is 0 Å². The highest BCUT2D eigenvalue weighted by molar-refractivity contribution is 5.90. The van der Waals surface area contributed by atoms with Crippen molar-refractivity contribution in [1.82, 2.24) is 0 Å². The van der Waals surface area contributed by atoms with E-state index in [4.69, 9.17) is 9.47 Å². The highest BCUT2D eigenvalue weighted by Crippen LogP contribution is 2.57. The number of aliphatic hydroxyl groups is 1. The zero-order chi connectivity index (χ0) is 17.6. The largest absolute Gasteiger partial charge is 0.462 e. The molecule has 4 rings (SSSR count). The molecule has 2 aliphatic carbocycles. The Morgan fingerprint density at radius 2 is 2.12 bits per heavy atom. The van der Waals surface area contributed by atoms with Gasteiger partial charge < -0.3 is 14.6 Å². The van der Waals surface area contributed by atoms with Gasteiger partial charge in [-0.25, -0.2) is 4.79 Å². The Balaban J connectivity index is 1.40. The van der Waals surface area contributed by atoms with Crippen LogP contribution in [0.3, 0.4) is 0 Å². The fraction of sp³-hybridized carbons (Fsp3) is 0.474. The van der Waals surface area contributed by atoms with E-state index in [0.717, 1.165) is 17.7 Å². The van der Waals surface area contributed by atoms with E-state index < -0.39 is 12.2 Å². The molecule has 1 aromatic carbocycles. The fourth-order valence-electron chi connectivity index (χ4n) is 3.92. The van der Waals surface area contributed by atoms with E-state index >= 15 is 0 Å². The van der Waals surface area contributed by atoms with Gasteiger partial charge in [0.05, 0.1) is 6.54 Å². The summed E-state index contributed by atoms with van der Waals surface area (Å²) in [4.78, 5) is 24.4. The van der Waals surface area contributed by atoms with Crippen molar-refractivity contribution in [2.75, 3.05) is 24.7 Å². The molecule has 0 aromatic heterocycles. The molecule has 0 bridgehead atoms. The summed E-state index contributed by atoms with van der Waals surface area (Å²) in [6, 6.07) is 7.87. The molecule has 132 valence electrons. The number of carbonyl (C=O) groups excluding carboxylic acids is 2. The van der Waals surface area contributed by atoms with Crippen molar-refractivity contribution in [2.24, 2.45) is 17.8 Å². The summed E-state index contributed by atoms with van der Waals surface area (Å²) in [7, 11) is 0. The van der Waals surface area contributed by atoms with Gasteiger partial charge in [-0.3, -0.25) is 9.69 Å². The second kappa shape index (κ2) is 6.19. The number of amides is 1. The lowest BCUT2D eigenvalue weighted by molar-refractivity contribution is -0.143. The van der Waals surface area contributed by atoms with Gasteiger partial charge in [0.1, 0.15) is 6.61 Å². The first kappa shape index (κ1) is 16.1. The zero-order valence-corrected chi connectivity index (χ0v) is 14.1. The van der Waals surface area contributed by atoms with Crippen molar-refractivity contribution in [2.45, 2.75) is 19.4 Å². The van der Waals surface area contributed by atoms with Gasteiger partial charge in [-0.1, -0.05) is 18.2 Å². The number of rotatable bonds is 5. The van der Waals surface area contributed by atoms with Gasteiger partial charge in [-0.2, -0.15) is 0 Å². The van der Waals surface area contributed by atoms with Crippen molar-refractivity contribution < 1.29 is 24.2 Å². The molecule has 0 radical (unpaired) electrons. The molecule has 0 unspecified atom stereocenters. The Morgan fingerprint density at radius 3 is 2.72 bits per heavy atom. The van der Waals surface area contributed by atoms with E-state index in [1.807, 2.05) is 24.3 Å². The Bertz CT molecular complexity index is 726. The number of anilines is 1. The van der Waals surface area contributed by atoms with Crippen LogP contribution in [0.2, 0.25) is 0 Å². The van der Waals surface area contributed by atoms with Crippen LogP contribution < -0.4 is 4.90 Å². The van der Waals surface area contributed by atoms with Crippen LogP contribution in [-0.4, -0.2) is 43.0 Å². The lowest BCUT2D eigenvalue weighted by Gasteiger charge is -2.14. The van der Waals surface area contributed by atoms with Crippen LogP contribution in [0.25, 0.3) is 5.57 Å². The van der Waals surface area contributed by atoms with E-state index in [-0.39, 0.29) is 19.2 Å². The maximum Gasteiger partial charge on any atom is 0.414 e. The van der Waals surface area contributed by atoms with Crippen LogP contribution in [0, 0.1) is 17.8 Å². The molecule has 1 heterocycles. The summed E-state index contributed by atoms with van der Waals surface area (Å²) in [6.07, 6.45) is 2.44. The highest BCUT2D eigenvalue weighted by Gasteiger charge is 2.51. The van der Waals surface area contributed by atoms with Crippen LogP contribution in [-0.2, 0) is 14.3 Å². The quantitative estimate of drug-likeness (QED) is 0.830. The molecule has 1 amide bonds. The Hall–Kier alpha value is -2.34. The molecular weight excluding hydrogens is 322 g/mol. The topological polar surface area (TPSA) is 76.1 Å². The van der Waals surface area contributed by atoms with E-state index in [2.05, 4.69) is 6.08 Å². The van der Waals surface area contributed by atoms with Crippen LogP contribution in [0.4, 0.5) is 10.5 Å². The number of ether oxygens (including phenoxy) is 2. The molecular formula is C19H21NO5. The molecule has 6 nitrogen and oxygen atoms in total. The third kappa shape index (κ3) is 3.02. The summed E-state index contributed by atoms with van der Waals surface area (Å²) >= 11 is 0. The Kier molecular flexibility index (Phi) is 4.00. The maximum atomic E-state index is 12.0. The summed E-state index contributed by atoms with van der Waals surface area (Å²) in [5, 5.41) is 9.24. The smallest absolute Gasteiger partial charge is 0.414 e.